The normalized spacial score (nSPS) is 11.7. The number of benzene rings is 7. The van der Waals surface area contributed by atoms with Crippen molar-refractivity contribution in [1.29, 1.82) is 0 Å². The van der Waals surface area contributed by atoms with Crippen molar-refractivity contribution >= 4 is 90.9 Å². The summed E-state index contributed by atoms with van der Waals surface area (Å²) in [6.45, 7) is 0. The van der Waals surface area contributed by atoms with Crippen molar-refractivity contribution in [3.63, 3.8) is 0 Å². The Balaban J connectivity index is 1.32. The highest BCUT2D eigenvalue weighted by molar-refractivity contribution is 7.26. The quantitative estimate of drug-likeness (QED) is 0.199. The molecule has 0 aliphatic carbocycles. The van der Waals surface area contributed by atoms with Crippen LogP contribution in [0.1, 0.15) is 0 Å². The molecule has 43 heavy (non-hydrogen) atoms. The molecule has 0 aliphatic rings. The number of hydrogen-bond acceptors (Lipinski definition) is 3. The van der Waals surface area contributed by atoms with Gasteiger partial charge in [-0.25, -0.2) is 0 Å². The van der Waals surface area contributed by atoms with Crippen LogP contribution in [0, 0.1) is 0 Å². The molecule has 7 aromatic carbocycles. The Hall–Kier alpha value is -4.96. The SMILES string of the molecule is c1ccc(-c2ccccc2N(c2ccc3c(c2)sc2ccccc23)c2ccc3ccc4c5ccccc5sc4c3c2)cc1. The molecule has 0 saturated heterocycles. The Morgan fingerprint density at radius 1 is 0.395 bits per heavy atom. The molecule has 0 aliphatic heterocycles. The summed E-state index contributed by atoms with van der Waals surface area (Å²) in [5, 5.41) is 7.85. The maximum absolute atomic E-state index is 2.44. The van der Waals surface area contributed by atoms with Crippen LogP contribution in [-0.2, 0) is 0 Å². The van der Waals surface area contributed by atoms with Gasteiger partial charge in [-0.2, -0.15) is 0 Å². The average Bonchev–Trinajstić information content (AvgIpc) is 3.64. The molecule has 202 valence electrons. The van der Waals surface area contributed by atoms with Crippen LogP contribution < -0.4 is 4.90 Å². The van der Waals surface area contributed by atoms with Crippen LogP contribution in [0.3, 0.4) is 0 Å². The summed E-state index contributed by atoms with van der Waals surface area (Å²) >= 11 is 3.76. The van der Waals surface area contributed by atoms with E-state index in [0.29, 0.717) is 0 Å². The van der Waals surface area contributed by atoms with Gasteiger partial charge >= 0.3 is 0 Å². The molecular formula is C40H25NS2. The minimum Gasteiger partial charge on any atom is -0.310 e. The van der Waals surface area contributed by atoms with Gasteiger partial charge in [0, 0.05) is 62.7 Å². The molecule has 0 unspecified atom stereocenters. The number of rotatable bonds is 4. The number of para-hydroxylation sites is 1. The maximum atomic E-state index is 2.44. The summed E-state index contributed by atoms with van der Waals surface area (Å²) in [5.41, 5.74) is 5.89. The first-order chi connectivity index (χ1) is 21.3. The number of fused-ring (bicyclic) bond motifs is 8. The number of hydrogen-bond donors (Lipinski definition) is 0. The maximum Gasteiger partial charge on any atom is 0.0540 e. The van der Waals surface area contributed by atoms with Crippen LogP contribution in [0.2, 0.25) is 0 Å². The topological polar surface area (TPSA) is 3.24 Å². The molecule has 9 rings (SSSR count). The molecule has 2 heterocycles. The first-order valence-electron chi connectivity index (χ1n) is 14.5. The Bertz CT molecular complexity index is 2470. The summed E-state index contributed by atoms with van der Waals surface area (Å²) in [6, 6.07) is 55.4. The van der Waals surface area contributed by atoms with Gasteiger partial charge in [-0.3, -0.25) is 0 Å². The Kier molecular flexibility index (Phi) is 5.62. The van der Waals surface area contributed by atoms with Crippen LogP contribution in [0.4, 0.5) is 17.1 Å². The highest BCUT2D eigenvalue weighted by Gasteiger charge is 2.19. The first-order valence-corrected chi connectivity index (χ1v) is 16.1. The third-order valence-electron chi connectivity index (χ3n) is 8.45. The van der Waals surface area contributed by atoms with Crippen LogP contribution in [0.15, 0.2) is 152 Å². The fraction of sp³-hybridized carbons (Fsp3) is 0. The average molecular weight is 584 g/mol. The van der Waals surface area contributed by atoms with Gasteiger partial charge in [0.1, 0.15) is 0 Å². The van der Waals surface area contributed by atoms with E-state index in [1.165, 1.54) is 62.2 Å². The van der Waals surface area contributed by atoms with E-state index in [-0.39, 0.29) is 0 Å². The molecule has 0 radical (unpaired) electrons. The Morgan fingerprint density at radius 2 is 1.00 bits per heavy atom. The zero-order valence-electron chi connectivity index (χ0n) is 23.2. The summed E-state index contributed by atoms with van der Waals surface area (Å²) < 4.78 is 5.30. The van der Waals surface area contributed by atoms with Gasteiger partial charge in [-0.05, 0) is 53.4 Å². The van der Waals surface area contributed by atoms with Crippen molar-refractivity contribution in [2.75, 3.05) is 4.90 Å². The van der Waals surface area contributed by atoms with E-state index in [2.05, 4.69) is 157 Å². The molecule has 1 nitrogen and oxygen atoms in total. The van der Waals surface area contributed by atoms with Crippen molar-refractivity contribution in [2.45, 2.75) is 0 Å². The summed E-state index contributed by atoms with van der Waals surface area (Å²) in [7, 11) is 0. The van der Waals surface area contributed by atoms with Crippen LogP contribution >= 0.6 is 22.7 Å². The number of anilines is 3. The second kappa shape index (κ2) is 9.81. The third-order valence-corrected chi connectivity index (χ3v) is 10.8. The number of thiophene rings is 2. The molecule has 9 aromatic rings. The zero-order chi connectivity index (χ0) is 28.3. The fourth-order valence-corrected chi connectivity index (χ4v) is 8.81. The summed E-state index contributed by atoms with van der Waals surface area (Å²) in [6.07, 6.45) is 0. The second-order valence-corrected chi connectivity index (χ2v) is 13.1. The Morgan fingerprint density at radius 3 is 1.86 bits per heavy atom. The van der Waals surface area contributed by atoms with Gasteiger partial charge in [0.05, 0.1) is 5.69 Å². The van der Waals surface area contributed by atoms with Gasteiger partial charge in [0.15, 0.2) is 0 Å². The summed E-state index contributed by atoms with van der Waals surface area (Å²) in [4.78, 5) is 2.44. The molecule has 0 N–H and O–H groups in total. The van der Waals surface area contributed by atoms with Gasteiger partial charge < -0.3 is 4.90 Å². The second-order valence-electron chi connectivity index (χ2n) is 10.9. The van der Waals surface area contributed by atoms with E-state index in [0.717, 1.165) is 17.1 Å². The van der Waals surface area contributed by atoms with Gasteiger partial charge in [0.2, 0.25) is 0 Å². The van der Waals surface area contributed by atoms with Crippen LogP contribution in [0.25, 0.3) is 62.2 Å². The molecule has 0 fully saturated rings. The van der Waals surface area contributed by atoms with Crippen LogP contribution in [-0.4, -0.2) is 0 Å². The van der Waals surface area contributed by atoms with E-state index in [4.69, 9.17) is 0 Å². The lowest BCUT2D eigenvalue weighted by Crippen LogP contribution is -2.11. The van der Waals surface area contributed by atoms with Crippen molar-refractivity contribution in [1.82, 2.24) is 0 Å². The van der Waals surface area contributed by atoms with Crippen molar-refractivity contribution in [3.05, 3.63) is 152 Å². The predicted octanol–water partition coefficient (Wildman–Crippen LogP) is 12.7. The lowest BCUT2D eigenvalue weighted by molar-refractivity contribution is 1.30. The highest BCUT2D eigenvalue weighted by atomic mass is 32.1. The third kappa shape index (κ3) is 3.97. The molecular weight excluding hydrogens is 559 g/mol. The Labute approximate surface area is 257 Å². The molecule has 0 atom stereocenters. The monoisotopic (exact) mass is 583 g/mol. The molecule has 0 amide bonds. The van der Waals surface area contributed by atoms with Gasteiger partial charge in [-0.15, -0.1) is 22.7 Å². The van der Waals surface area contributed by atoms with Crippen molar-refractivity contribution in [2.24, 2.45) is 0 Å². The van der Waals surface area contributed by atoms with Crippen molar-refractivity contribution < 1.29 is 0 Å². The standard InChI is InChI=1S/C40H25NS2/c1-2-10-26(11-3-1)30-12-4-7-15-36(30)41(29-21-23-33-31-13-5-8-16-37(31)42-39(33)25-29)28-20-18-27-19-22-34-32-14-6-9-17-38(32)43-40(34)35(27)24-28/h1-25H. The fourth-order valence-electron chi connectivity index (χ4n) is 6.44. The van der Waals surface area contributed by atoms with Gasteiger partial charge in [-0.1, -0.05) is 109 Å². The van der Waals surface area contributed by atoms with E-state index < -0.39 is 0 Å². The largest absolute Gasteiger partial charge is 0.310 e. The van der Waals surface area contributed by atoms with E-state index in [1.54, 1.807) is 0 Å². The van der Waals surface area contributed by atoms with Gasteiger partial charge in [0.25, 0.3) is 0 Å². The van der Waals surface area contributed by atoms with E-state index in [9.17, 15) is 0 Å². The number of nitrogens with zero attached hydrogens (tertiary/aromatic N) is 1. The molecule has 0 spiro atoms. The first kappa shape index (κ1) is 24.6. The minimum atomic E-state index is 1.15. The lowest BCUT2D eigenvalue weighted by atomic mass is 10.0. The molecule has 0 bridgehead atoms. The molecule has 3 heteroatoms. The predicted molar refractivity (Wildman–Crippen MR) is 190 cm³/mol. The highest BCUT2D eigenvalue weighted by Crippen LogP contribution is 2.45. The zero-order valence-corrected chi connectivity index (χ0v) is 24.8. The minimum absolute atomic E-state index is 1.15. The molecule has 2 aromatic heterocycles. The van der Waals surface area contributed by atoms with Crippen LogP contribution in [0.5, 0.6) is 0 Å². The van der Waals surface area contributed by atoms with E-state index in [1.807, 2.05) is 22.7 Å². The van der Waals surface area contributed by atoms with Crippen molar-refractivity contribution in [3.8, 4) is 11.1 Å². The van der Waals surface area contributed by atoms with E-state index >= 15 is 0 Å². The smallest absolute Gasteiger partial charge is 0.0540 e. The molecule has 0 saturated carbocycles. The lowest BCUT2D eigenvalue weighted by Gasteiger charge is -2.28. The summed E-state index contributed by atoms with van der Waals surface area (Å²) in [5.74, 6) is 0.